The average molecular weight is 366 g/mol. The fourth-order valence-electron chi connectivity index (χ4n) is 2.22. The van der Waals surface area contributed by atoms with Crippen molar-refractivity contribution in [3.63, 3.8) is 0 Å². The van der Waals surface area contributed by atoms with E-state index in [2.05, 4.69) is 15.9 Å². The molecule has 2 rings (SSSR count). The van der Waals surface area contributed by atoms with Crippen LogP contribution in [0.25, 0.3) is 0 Å². The minimum atomic E-state index is -4.33. The van der Waals surface area contributed by atoms with Gasteiger partial charge in [0.15, 0.2) is 0 Å². The van der Waals surface area contributed by atoms with Crippen molar-refractivity contribution < 1.29 is 22.7 Å². The Morgan fingerprint density at radius 2 is 1.81 bits per heavy atom. The number of rotatable bonds is 3. The van der Waals surface area contributed by atoms with E-state index >= 15 is 0 Å². The van der Waals surface area contributed by atoms with Gasteiger partial charge >= 0.3 is 6.18 Å². The van der Waals surface area contributed by atoms with Crippen LogP contribution in [0, 0.1) is 0 Å². The molecule has 0 bridgehead atoms. The highest BCUT2D eigenvalue weighted by Gasteiger charge is 2.30. The van der Waals surface area contributed by atoms with Gasteiger partial charge in [-0.1, -0.05) is 15.9 Å². The molecule has 21 heavy (non-hydrogen) atoms. The van der Waals surface area contributed by atoms with Gasteiger partial charge in [0.2, 0.25) is 5.91 Å². The molecular formula is C14H15BrF3NO2. The number of hydrogen-bond acceptors (Lipinski definition) is 2. The number of likely N-dealkylation sites (tertiary alicyclic amines) is 1. The van der Waals surface area contributed by atoms with E-state index in [1.807, 2.05) is 0 Å². The van der Waals surface area contributed by atoms with Crippen LogP contribution in [-0.4, -0.2) is 35.3 Å². The molecule has 0 spiro atoms. The van der Waals surface area contributed by atoms with Gasteiger partial charge in [-0.15, -0.1) is 0 Å². The molecule has 1 aromatic carbocycles. The second-order valence-electron chi connectivity index (χ2n) is 4.85. The van der Waals surface area contributed by atoms with Crippen LogP contribution in [0.1, 0.15) is 18.4 Å². The quantitative estimate of drug-likeness (QED) is 0.767. The fourth-order valence-corrected chi connectivity index (χ4v) is 2.58. The molecule has 0 N–H and O–H groups in total. The summed E-state index contributed by atoms with van der Waals surface area (Å²) in [5.74, 6) is 0.469. The molecular weight excluding hydrogens is 351 g/mol. The molecule has 1 aromatic rings. The number of piperidine rings is 1. The Morgan fingerprint density at radius 3 is 2.29 bits per heavy atom. The summed E-state index contributed by atoms with van der Waals surface area (Å²) in [6, 6.07) is 4.69. The van der Waals surface area contributed by atoms with Gasteiger partial charge in [0.25, 0.3) is 0 Å². The number of carbonyl (C=O) groups is 1. The second-order valence-corrected chi connectivity index (χ2v) is 5.41. The highest BCUT2D eigenvalue weighted by atomic mass is 79.9. The smallest absolute Gasteiger partial charge is 0.416 e. The Bertz CT molecular complexity index is 482. The van der Waals surface area contributed by atoms with Gasteiger partial charge in [0.1, 0.15) is 11.9 Å². The largest absolute Gasteiger partial charge is 0.490 e. The van der Waals surface area contributed by atoms with Gasteiger partial charge < -0.3 is 9.64 Å². The summed E-state index contributed by atoms with van der Waals surface area (Å²) in [5, 5.41) is 0.303. The van der Waals surface area contributed by atoms with Crippen molar-refractivity contribution in [2.45, 2.75) is 25.1 Å². The molecule has 7 heteroatoms. The molecule has 3 nitrogen and oxygen atoms in total. The number of benzene rings is 1. The number of amides is 1. The number of alkyl halides is 4. The van der Waals surface area contributed by atoms with Gasteiger partial charge in [-0.2, -0.15) is 13.2 Å². The molecule has 1 fully saturated rings. The predicted octanol–water partition coefficient (Wildman–Crippen LogP) is 3.47. The van der Waals surface area contributed by atoms with Crippen LogP contribution in [0.15, 0.2) is 24.3 Å². The van der Waals surface area contributed by atoms with Crippen LogP contribution in [-0.2, 0) is 11.0 Å². The maximum atomic E-state index is 12.4. The van der Waals surface area contributed by atoms with Crippen LogP contribution < -0.4 is 4.74 Å². The van der Waals surface area contributed by atoms with E-state index in [9.17, 15) is 18.0 Å². The van der Waals surface area contributed by atoms with E-state index in [1.54, 1.807) is 4.90 Å². The van der Waals surface area contributed by atoms with Gasteiger partial charge in [0, 0.05) is 25.9 Å². The molecule has 0 aromatic heterocycles. The molecule has 116 valence electrons. The van der Waals surface area contributed by atoms with Gasteiger partial charge in [0.05, 0.1) is 10.9 Å². The molecule has 0 unspecified atom stereocenters. The lowest BCUT2D eigenvalue weighted by Crippen LogP contribution is -2.42. The third-order valence-electron chi connectivity index (χ3n) is 3.39. The molecule has 0 aliphatic carbocycles. The average Bonchev–Trinajstić information content (AvgIpc) is 2.47. The third kappa shape index (κ3) is 4.36. The monoisotopic (exact) mass is 365 g/mol. The number of carbonyl (C=O) groups excluding carboxylic acids is 1. The lowest BCUT2D eigenvalue weighted by molar-refractivity contribution is -0.137. The minimum Gasteiger partial charge on any atom is -0.490 e. The summed E-state index contributed by atoms with van der Waals surface area (Å²) in [5.41, 5.74) is -0.687. The van der Waals surface area contributed by atoms with Gasteiger partial charge in [-0.25, -0.2) is 0 Å². The number of hydrogen-bond donors (Lipinski definition) is 0. The van der Waals surface area contributed by atoms with E-state index in [-0.39, 0.29) is 12.0 Å². The molecule has 1 amide bonds. The molecule has 0 atom stereocenters. The van der Waals surface area contributed by atoms with E-state index in [4.69, 9.17) is 4.74 Å². The second kappa shape index (κ2) is 6.68. The predicted molar refractivity (Wildman–Crippen MR) is 75.5 cm³/mol. The Labute approximate surface area is 129 Å². The lowest BCUT2D eigenvalue weighted by atomic mass is 10.1. The summed E-state index contributed by atoms with van der Waals surface area (Å²) >= 11 is 3.13. The first kappa shape index (κ1) is 16.1. The SMILES string of the molecule is O=C(CBr)N1CCC(Oc2ccc(C(F)(F)F)cc2)CC1. The van der Waals surface area contributed by atoms with Crippen molar-refractivity contribution in [2.75, 3.05) is 18.4 Å². The summed E-state index contributed by atoms with van der Waals surface area (Å²) in [7, 11) is 0. The third-order valence-corrected chi connectivity index (χ3v) is 3.87. The zero-order chi connectivity index (χ0) is 15.5. The molecule has 1 aliphatic rings. The van der Waals surface area contributed by atoms with E-state index in [0.717, 1.165) is 12.1 Å². The topological polar surface area (TPSA) is 29.5 Å². The standard InChI is InChI=1S/C14H15BrF3NO2/c15-9-13(20)19-7-5-12(6-8-19)21-11-3-1-10(2-4-11)14(16,17)18/h1-4,12H,5-9H2. The zero-order valence-electron chi connectivity index (χ0n) is 11.2. The first-order valence-electron chi connectivity index (χ1n) is 6.58. The summed E-state index contributed by atoms with van der Waals surface area (Å²) in [6.45, 7) is 1.21. The van der Waals surface area contributed by atoms with Crippen LogP contribution in [0.5, 0.6) is 5.75 Å². The van der Waals surface area contributed by atoms with Crippen LogP contribution in [0.2, 0.25) is 0 Å². The van der Waals surface area contributed by atoms with Crippen molar-refractivity contribution in [2.24, 2.45) is 0 Å². The van der Waals surface area contributed by atoms with Gasteiger partial charge in [-0.05, 0) is 24.3 Å². The first-order chi connectivity index (χ1) is 9.90. The van der Waals surface area contributed by atoms with Crippen molar-refractivity contribution in [1.29, 1.82) is 0 Å². The first-order valence-corrected chi connectivity index (χ1v) is 7.70. The van der Waals surface area contributed by atoms with Gasteiger partial charge in [-0.3, -0.25) is 4.79 Å². The maximum Gasteiger partial charge on any atom is 0.416 e. The van der Waals surface area contributed by atoms with Crippen LogP contribution in [0.3, 0.4) is 0 Å². The number of halogens is 4. The highest BCUT2D eigenvalue weighted by Crippen LogP contribution is 2.30. The summed E-state index contributed by atoms with van der Waals surface area (Å²) < 4.78 is 43.0. The van der Waals surface area contributed by atoms with Crippen LogP contribution in [0.4, 0.5) is 13.2 Å². The van der Waals surface area contributed by atoms with Crippen molar-refractivity contribution >= 4 is 21.8 Å². The van der Waals surface area contributed by atoms with Crippen molar-refractivity contribution in [1.82, 2.24) is 4.90 Å². The summed E-state index contributed by atoms with van der Waals surface area (Å²) in [4.78, 5) is 13.2. The van der Waals surface area contributed by atoms with Crippen molar-refractivity contribution in [3.05, 3.63) is 29.8 Å². The molecule has 0 radical (unpaired) electrons. The molecule has 1 saturated heterocycles. The van der Waals surface area contributed by atoms with E-state index in [0.29, 0.717) is 37.0 Å². The molecule has 0 saturated carbocycles. The molecule has 1 heterocycles. The minimum absolute atomic E-state index is 0.0444. The Kier molecular flexibility index (Phi) is 5.13. The Balaban J connectivity index is 1.88. The van der Waals surface area contributed by atoms with Crippen molar-refractivity contribution in [3.8, 4) is 5.75 Å². The normalized spacial score (nSPS) is 16.9. The van der Waals surface area contributed by atoms with E-state index < -0.39 is 11.7 Å². The Hall–Kier alpha value is -1.24. The zero-order valence-corrected chi connectivity index (χ0v) is 12.8. The molecule has 1 aliphatic heterocycles. The maximum absolute atomic E-state index is 12.4. The fraction of sp³-hybridized carbons (Fsp3) is 0.500. The number of ether oxygens (including phenoxy) is 1. The van der Waals surface area contributed by atoms with E-state index in [1.165, 1.54) is 12.1 Å². The van der Waals surface area contributed by atoms with Crippen LogP contribution >= 0.6 is 15.9 Å². The lowest BCUT2D eigenvalue weighted by Gasteiger charge is -2.31. The summed E-state index contributed by atoms with van der Waals surface area (Å²) in [6.07, 6.45) is -3.04. The Morgan fingerprint density at radius 1 is 1.24 bits per heavy atom. The highest BCUT2D eigenvalue weighted by molar-refractivity contribution is 9.09. The number of nitrogens with zero attached hydrogens (tertiary/aromatic N) is 1.